The summed E-state index contributed by atoms with van der Waals surface area (Å²) in [5, 5.41) is 7.01. The van der Waals surface area contributed by atoms with Crippen LogP contribution >= 0.6 is 0 Å². The first-order chi connectivity index (χ1) is 11.7. The topological polar surface area (TPSA) is 56.2 Å². The maximum Gasteiger partial charge on any atom is 0.224 e. The molecule has 1 aromatic carbocycles. The van der Waals surface area contributed by atoms with Gasteiger partial charge in [0, 0.05) is 26.4 Å². The second-order valence-corrected chi connectivity index (χ2v) is 6.35. The molecule has 0 radical (unpaired) electrons. The Balaban J connectivity index is 1.35. The fraction of sp³-hybridized carbons (Fsp3) is 0.474. The lowest BCUT2D eigenvalue weighted by molar-refractivity contribution is -0.120. The molecule has 0 spiro atoms. The Bertz CT molecular complexity index is 681. The summed E-state index contributed by atoms with van der Waals surface area (Å²) in [6.07, 6.45) is 8.43. The van der Waals surface area contributed by atoms with Crippen molar-refractivity contribution in [2.24, 2.45) is 7.05 Å². The van der Waals surface area contributed by atoms with Gasteiger partial charge in [0.1, 0.15) is 0 Å². The molecule has 1 N–H and O–H groups in total. The number of aromatic nitrogens is 2. The van der Waals surface area contributed by atoms with Gasteiger partial charge in [0.25, 0.3) is 0 Å². The molecule has 5 nitrogen and oxygen atoms in total. The molecule has 1 aromatic heterocycles. The second kappa shape index (κ2) is 8.11. The second-order valence-electron chi connectivity index (χ2n) is 6.35. The molecule has 0 unspecified atom stereocenters. The number of nitrogens with zero attached hydrogens (tertiary/aromatic N) is 2. The zero-order valence-electron chi connectivity index (χ0n) is 14.2. The van der Waals surface area contributed by atoms with Crippen molar-refractivity contribution in [3.05, 3.63) is 53.3 Å². The minimum atomic E-state index is 0.0333. The number of carbonyl (C=O) groups is 1. The van der Waals surface area contributed by atoms with Crippen molar-refractivity contribution in [2.45, 2.75) is 38.2 Å². The standard InChI is InChI=1S/C19H25N3O2/c1-22-14-15(13-21-22)12-19(23)20-10-5-11-24-18-9-4-7-16-6-2-3-8-17(16)18/h2-3,6,8,13-14,18H,4-5,7,9-12H2,1H3,(H,20,23)/t18-/m1/s1. The van der Waals surface area contributed by atoms with Crippen LogP contribution in [0.25, 0.3) is 0 Å². The van der Waals surface area contributed by atoms with E-state index in [1.54, 1.807) is 10.9 Å². The van der Waals surface area contributed by atoms with Crippen LogP contribution in [0.3, 0.4) is 0 Å². The van der Waals surface area contributed by atoms with E-state index in [2.05, 4.69) is 34.7 Å². The van der Waals surface area contributed by atoms with Gasteiger partial charge in [0.2, 0.25) is 5.91 Å². The Morgan fingerprint density at radius 1 is 1.42 bits per heavy atom. The fourth-order valence-corrected chi connectivity index (χ4v) is 3.22. The molecule has 1 heterocycles. The summed E-state index contributed by atoms with van der Waals surface area (Å²) in [6.45, 7) is 1.32. The number of hydrogen-bond donors (Lipinski definition) is 1. The number of nitrogens with one attached hydrogen (secondary N) is 1. The summed E-state index contributed by atoms with van der Waals surface area (Å²) >= 11 is 0. The minimum Gasteiger partial charge on any atom is -0.373 e. The van der Waals surface area contributed by atoms with E-state index >= 15 is 0 Å². The zero-order valence-corrected chi connectivity index (χ0v) is 14.2. The Hall–Kier alpha value is -2.14. The number of benzene rings is 1. The fourth-order valence-electron chi connectivity index (χ4n) is 3.22. The summed E-state index contributed by atoms with van der Waals surface area (Å²) in [6, 6.07) is 8.55. The third-order valence-electron chi connectivity index (χ3n) is 4.40. The number of amides is 1. The number of hydrogen-bond acceptors (Lipinski definition) is 3. The van der Waals surface area contributed by atoms with Crippen molar-refractivity contribution in [3.63, 3.8) is 0 Å². The Kier molecular flexibility index (Phi) is 5.64. The van der Waals surface area contributed by atoms with E-state index in [0.717, 1.165) is 24.8 Å². The van der Waals surface area contributed by atoms with Crippen molar-refractivity contribution < 1.29 is 9.53 Å². The molecule has 1 aliphatic carbocycles. The maximum atomic E-state index is 11.9. The number of carbonyl (C=O) groups excluding carboxylic acids is 1. The van der Waals surface area contributed by atoms with E-state index in [1.165, 1.54) is 17.5 Å². The predicted octanol–water partition coefficient (Wildman–Crippen LogP) is 2.56. The lowest BCUT2D eigenvalue weighted by Gasteiger charge is -2.25. The van der Waals surface area contributed by atoms with Gasteiger partial charge in [-0.3, -0.25) is 9.48 Å². The summed E-state index contributed by atoms with van der Waals surface area (Å²) < 4.78 is 7.76. The third-order valence-corrected chi connectivity index (χ3v) is 4.40. The van der Waals surface area contributed by atoms with Gasteiger partial charge in [0.15, 0.2) is 0 Å². The number of ether oxygens (including phenoxy) is 1. The van der Waals surface area contributed by atoms with Crippen LogP contribution in [0.15, 0.2) is 36.7 Å². The highest BCUT2D eigenvalue weighted by molar-refractivity contribution is 5.78. The Morgan fingerprint density at radius 3 is 3.12 bits per heavy atom. The van der Waals surface area contributed by atoms with Gasteiger partial charge in [0.05, 0.1) is 18.7 Å². The third kappa shape index (κ3) is 4.45. The first-order valence-corrected chi connectivity index (χ1v) is 8.66. The predicted molar refractivity (Wildman–Crippen MR) is 92.6 cm³/mol. The molecule has 24 heavy (non-hydrogen) atoms. The molecule has 1 atom stereocenters. The first kappa shape index (κ1) is 16.7. The molecule has 1 aliphatic rings. The molecule has 1 amide bonds. The van der Waals surface area contributed by atoms with Gasteiger partial charge in [-0.05, 0) is 42.4 Å². The van der Waals surface area contributed by atoms with Crippen molar-refractivity contribution in [3.8, 4) is 0 Å². The Morgan fingerprint density at radius 2 is 2.29 bits per heavy atom. The van der Waals surface area contributed by atoms with E-state index in [1.807, 2.05) is 13.2 Å². The molecule has 0 fully saturated rings. The Labute approximate surface area is 143 Å². The summed E-state index contributed by atoms with van der Waals surface area (Å²) in [7, 11) is 1.85. The van der Waals surface area contributed by atoms with Gasteiger partial charge < -0.3 is 10.1 Å². The molecular weight excluding hydrogens is 302 g/mol. The molecule has 0 saturated heterocycles. The van der Waals surface area contributed by atoms with Crippen LogP contribution in [-0.4, -0.2) is 28.8 Å². The molecule has 0 saturated carbocycles. The van der Waals surface area contributed by atoms with Crippen LogP contribution in [0, 0.1) is 0 Å². The highest BCUT2D eigenvalue weighted by Crippen LogP contribution is 2.32. The molecule has 0 aliphatic heterocycles. The molecule has 128 valence electrons. The van der Waals surface area contributed by atoms with E-state index in [0.29, 0.717) is 19.6 Å². The largest absolute Gasteiger partial charge is 0.373 e. The minimum absolute atomic E-state index is 0.0333. The van der Waals surface area contributed by atoms with Crippen molar-refractivity contribution in [1.29, 1.82) is 0 Å². The monoisotopic (exact) mass is 327 g/mol. The molecule has 0 bridgehead atoms. The number of rotatable bonds is 7. The van der Waals surface area contributed by atoms with Crippen LogP contribution in [0.1, 0.15) is 42.1 Å². The van der Waals surface area contributed by atoms with Gasteiger partial charge in [-0.2, -0.15) is 5.10 Å². The van der Waals surface area contributed by atoms with Crippen LogP contribution in [0.2, 0.25) is 0 Å². The molecule has 5 heteroatoms. The lowest BCUT2D eigenvalue weighted by atomic mass is 9.89. The first-order valence-electron chi connectivity index (χ1n) is 8.66. The molecular formula is C19H25N3O2. The smallest absolute Gasteiger partial charge is 0.224 e. The summed E-state index contributed by atoms with van der Waals surface area (Å²) in [4.78, 5) is 11.9. The van der Waals surface area contributed by atoms with E-state index in [4.69, 9.17) is 4.74 Å². The summed E-state index contributed by atoms with van der Waals surface area (Å²) in [5.41, 5.74) is 3.69. The zero-order chi connectivity index (χ0) is 16.8. The van der Waals surface area contributed by atoms with E-state index in [-0.39, 0.29) is 12.0 Å². The average molecular weight is 327 g/mol. The SMILES string of the molecule is Cn1cc(CC(=O)NCCCO[C@@H]2CCCc3ccccc32)cn1. The van der Waals surface area contributed by atoms with Gasteiger partial charge in [-0.15, -0.1) is 0 Å². The van der Waals surface area contributed by atoms with Gasteiger partial charge >= 0.3 is 0 Å². The van der Waals surface area contributed by atoms with Crippen LogP contribution in [0.4, 0.5) is 0 Å². The van der Waals surface area contributed by atoms with Crippen molar-refractivity contribution in [1.82, 2.24) is 15.1 Å². The highest BCUT2D eigenvalue weighted by Gasteiger charge is 2.19. The van der Waals surface area contributed by atoms with Crippen LogP contribution < -0.4 is 5.32 Å². The average Bonchev–Trinajstić information content (AvgIpc) is 2.99. The van der Waals surface area contributed by atoms with E-state index in [9.17, 15) is 4.79 Å². The number of aryl methyl sites for hydroxylation is 2. The maximum absolute atomic E-state index is 11.9. The van der Waals surface area contributed by atoms with E-state index < -0.39 is 0 Å². The van der Waals surface area contributed by atoms with Crippen molar-refractivity contribution in [2.75, 3.05) is 13.2 Å². The molecule has 3 rings (SSSR count). The molecule has 2 aromatic rings. The van der Waals surface area contributed by atoms with Crippen molar-refractivity contribution >= 4 is 5.91 Å². The number of fused-ring (bicyclic) bond motifs is 1. The van der Waals surface area contributed by atoms with Gasteiger partial charge in [-0.1, -0.05) is 24.3 Å². The van der Waals surface area contributed by atoms with Gasteiger partial charge in [-0.25, -0.2) is 0 Å². The quantitative estimate of drug-likeness (QED) is 0.795. The summed E-state index contributed by atoms with van der Waals surface area (Å²) in [5.74, 6) is 0.0333. The van der Waals surface area contributed by atoms with Crippen LogP contribution in [0.5, 0.6) is 0 Å². The highest BCUT2D eigenvalue weighted by atomic mass is 16.5. The van der Waals surface area contributed by atoms with Crippen LogP contribution in [-0.2, 0) is 29.4 Å². The lowest BCUT2D eigenvalue weighted by Crippen LogP contribution is -2.27. The normalized spacial score (nSPS) is 16.6.